The highest BCUT2D eigenvalue weighted by molar-refractivity contribution is 8.76. The van der Waals surface area contributed by atoms with Gasteiger partial charge in [-0.05, 0) is 19.3 Å². The summed E-state index contributed by atoms with van der Waals surface area (Å²) in [5.41, 5.74) is 5.67. The van der Waals surface area contributed by atoms with E-state index in [-0.39, 0.29) is 5.91 Å². The van der Waals surface area contributed by atoms with E-state index in [1.807, 2.05) is 0 Å². The predicted octanol–water partition coefficient (Wildman–Crippen LogP) is 5.70. The van der Waals surface area contributed by atoms with Crippen molar-refractivity contribution in [3.63, 3.8) is 0 Å². The number of nitrogens with two attached hydrogens (primary N) is 1. The number of unbranched alkanes of at least 4 members (excludes halogenated alkanes) is 12. The van der Waals surface area contributed by atoms with Crippen molar-refractivity contribution in [1.29, 1.82) is 0 Å². The third-order valence-electron chi connectivity index (χ3n) is 5.73. The third-order valence-corrected chi connectivity index (χ3v) is 8.20. The van der Waals surface area contributed by atoms with Crippen LogP contribution in [0.1, 0.15) is 110 Å². The number of carbonyl (C=O) groups is 3. The molecule has 0 aromatic rings. The normalized spacial score (nSPS) is 12.8. The molecule has 0 saturated carbocycles. The molecule has 0 spiro atoms. The monoisotopic (exact) mass is 520 g/mol. The largest absolute Gasteiger partial charge is 0.480 e. The summed E-state index contributed by atoms with van der Waals surface area (Å²) in [7, 11) is 4.36. The standard InChI is InChI=1S/C25H48N2O5S2/c1-3-4-5-6-7-8-9-10-11-12-13-14-15-16-23(28)27-22(24(29)30)18-20-34-33-19-17-21(26)25(31)32-2/h21-22H,3-20,26H2,1-2H3,(H,27,28)(H,29,30). The molecule has 9 heteroatoms. The van der Waals surface area contributed by atoms with Gasteiger partial charge >= 0.3 is 11.9 Å². The maximum absolute atomic E-state index is 12.1. The zero-order valence-corrected chi connectivity index (χ0v) is 23.0. The number of aliphatic carboxylic acids is 1. The molecule has 0 bridgehead atoms. The van der Waals surface area contributed by atoms with E-state index in [0.717, 1.165) is 19.3 Å². The molecule has 0 aliphatic rings. The van der Waals surface area contributed by atoms with Gasteiger partial charge in [0.05, 0.1) is 7.11 Å². The zero-order chi connectivity index (χ0) is 25.4. The Morgan fingerprint density at radius 3 is 1.76 bits per heavy atom. The van der Waals surface area contributed by atoms with Gasteiger partial charge in [-0.2, -0.15) is 0 Å². The van der Waals surface area contributed by atoms with Gasteiger partial charge in [-0.15, -0.1) is 0 Å². The van der Waals surface area contributed by atoms with Gasteiger partial charge in [0.25, 0.3) is 0 Å². The van der Waals surface area contributed by atoms with Crippen LogP contribution in [0.2, 0.25) is 0 Å². The third kappa shape index (κ3) is 20.4. The Bertz CT molecular complexity index is 537. The summed E-state index contributed by atoms with van der Waals surface area (Å²) in [4.78, 5) is 34.8. The first-order valence-electron chi connectivity index (χ1n) is 13.0. The maximum Gasteiger partial charge on any atom is 0.326 e. The first kappa shape index (κ1) is 33.1. The van der Waals surface area contributed by atoms with E-state index in [1.165, 1.54) is 92.9 Å². The van der Waals surface area contributed by atoms with Gasteiger partial charge in [-0.1, -0.05) is 106 Å². The second-order valence-corrected chi connectivity index (χ2v) is 11.5. The Labute approximate surface area is 214 Å². The van der Waals surface area contributed by atoms with Crippen molar-refractivity contribution < 1.29 is 24.2 Å². The van der Waals surface area contributed by atoms with E-state index in [1.54, 1.807) is 0 Å². The molecule has 0 aromatic heterocycles. The number of nitrogens with one attached hydrogen (secondary N) is 1. The van der Waals surface area contributed by atoms with Gasteiger partial charge in [-0.3, -0.25) is 9.59 Å². The molecule has 4 N–H and O–H groups in total. The van der Waals surface area contributed by atoms with Crippen LogP contribution in [0.4, 0.5) is 0 Å². The molecule has 0 rings (SSSR count). The number of rotatable bonds is 24. The highest BCUT2D eigenvalue weighted by Gasteiger charge is 2.19. The summed E-state index contributed by atoms with van der Waals surface area (Å²) in [6.07, 6.45) is 17.5. The van der Waals surface area contributed by atoms with Crippen molar-refractivity contribution in [2.45, 2.75) is 122 Å². The molecule has 1 amide bonds. The van der Waals surface area contributed by atoms with Gasteiger partial charge in [0.15, 0.2) is 0 Å². The first-order chi connectivity index (χ1) is 16.4. The van der Waals surface area contributed by atoms with Crippen LogP contribution in [0.5, 0.6) is 0 Å². The highest BCUT2D eigenvalue weighted by Crippen LogP contribution is 2.24. The van der Waals surface area contributed by atoms with Crippen LogP contribution in [0.25, 0.3) is 0 Å². The number of carbonyl (C=O) groups excluding carboxylic acids is 2. The van der Waals surface area contributed by atoms with Gasteiger partial charge in [0, 0.05) is 17.9 Å². The molecular formula is C25H48N2O5S2. The summed E-state index contributed by atoms with van der Waals surface area (Å²) in [6, 6.07) is -1.49. The van der Waals surface area contributed by atoms with E-state index in [4.69, 9.17) is 5.73 Å². The number of amides is 1. The van der Waals surface area contributed by atoms with Gasteiger partial charge in [-0.25, -0.2) is 4.79 Å². The minimum atomic E-state index is -1.00. The SMILES string of the molecule is CCCCCCCCCCCCCCCC(=O)NC(CCSSCCC(N)C(=O)OC)C(=O)O. The molecule has 7 nitrogen and oxygen atoms in total. The van der Waals surface area contributed by atoms with Crippen LogP contribution >= 0.6 is 21.6 Å². The Balaban J connectivity index is 3.68. The number of carboxylic acid groups (broad SMARTS) is 1. The second-order valence-electron chi connectivity index (χ2n) is 8.80. The Morgan fingerprint density at radius 2 is 1.29 bits per heavy atom. The lowest BCUT2D eigenvalue weighted by molar-refractivity contribution is -0.142. The molecule has 2 atom stereocenters. The molecular weight excluding hydrogens is 472 g/mol. The lowest BCUT2D eigenvalue weighted by Crippen LogP contribution is -2.41. The Morgan fingerprint density at radius 1 is 0.824 bits per heavy atom. The quantitative estimate of drug-likeness (QED) is 0.0842. The van der Waals surface area contributed by atoms with Crippen molar-refractivity contribution in [1.82, 2.24) is 5.32 Å². The summed E-state index contributed by atoms with van der Waals surface area (Å²) in [5.74, 6) is -0.352. The molecule has 34 heavy (non-hydrogen) atoms. The summed E-state index contributed by atoms with van der Waals surface area (Å²) in [5, 5.41) is 12.0. The number of hydrogen-bond acceptors (Lipinski definition) is 7. The summed E-state index contributed by atoms with van der Waals surface area (Å²) < 4.78 is 4.58. The Kier molecular flexibility index (Phi) is 23.1. The maximum atomic E-state index is 12.1. The first-order valence-corrected chi connectivity index (χ1v) is 15.5. The van der Waals surface area contributed by atoms with Crippen molar-refractivity contribution >= 4 is 39.4 Å². The van der Waals surface area contributed by atoms with Crippen LogP contribution in [-0.4, -0.2) is 53.7 Å². The molecule has 200 valence electrons. The molecule has 0 fully saturated rings. The summed E-state index contributed by atoms with van der Waals surface area (Å²) >= 11 is 0. The van der Waals surface area contributed by atoms with Crippen molar-refractivity contribution in [2.75, 3.05) is 18.6 Å². The predicted molar refractivity (Wildman–Crippen MR) is 144 cm³/mol. The second kappa shape index (κ2) is 23.8. The average Bonchev–Trinajstić information content (AvgIpc) is 2.82. The number of methoxy groups -OCH3 is 1. The summed E-state index contributed by atoms with van der Waals surface area (Å²) in [6.45, 7) is 2.25. The fraction of sp³-hybridized carbons (Fsp3) is 0.880. The van der Waals surface area contributed by atoms with Crippen molar-refractivity contribution in [2.24, 2.45) is 5.73 Å². The fourth-order valence-corrected chi connectivity index (χ4v) is 5.76. The van der Waals surface area contributed by atoms with E-state index in [0.29, 0.717) is 30.8 Å². The van der Waals surface area contributed by atoms with E-state index in [9.17, 15) is 19.5 Å². The van der Waals surface area contributed by atoms with Gasteiger partial charge < -0.3 is 20.9 Å². The van der Waals surface area contributed by atoms with Crippen LogP contribution in [0, 0.1) is 0 Å². The topological polar surface area (TPSA) is 119 Å². The van der Waals surface area contributed by atoms with Crippen LogP contribution in [0.15, 0.2) is 0 Å². The molecule has 0 heterocycles. The smallest absolute Gasteiger partial charge is 0.326 e. The molecule has 0 aromatic carbocycles. The average molecular weight is 521 g/mol. The molecule has 2 unspecified atom stereocenters. The molecule has 0 saturated heterocycles. The van der Waals surface area contributed by atoms with Crippen molar-refractivity contribution in [3.8, 4) is 0 Å². The molecule has 0 aliphatic carbocycles. The zero-order valence-electron chi connectivity index (χ0n) is 21.4. The van der Waals surface area contributed by atoms with E-state index >= 15 is 0 Å². The fourth-order valence-electron chi connectivity index (χ4n) is 3.56. The van der Waals surface area contributed by atoms with Crippen LogP contribution in [0.3, 0.4) is 0 Å². The number of hydrogen-bond donors (Lipinski definition) is 3. The van der Waals surface area contributed by atoms with Crippen LogP contribution < -0.4 is 11.1 Å². The van der Waals surface area contributed by atoms with Gasteiger partial charge in [0.2, 0.25) is 5.91 Å². The van der Waals surface area contributed by atoms with E-state index in [2.05, 4.69) is 17.0 Å². The molecule has 0 radical (unpaired) electrons. The number of carboxylic acids is 1. The minimum Gasteiger partial charge on any atom is -0.480 e. The van der Waals surface area contributed by atoms with Gasteiger partial charge in [0.1, 0.15) is 12.1 Å². The van der Waals surface area contributed by atoms with E-state index < -0.39 is 24.0 Å². The lowest BCUT2D eigenvalue weighted by atomic mass is 10.0. The minimum absolute atomic E-state index is 0.183. The van der Waals surface area contributed by atoms with Crippen LogP contribution in [-0.2, 0) is 19.1 Å². The lowest BCUT2D eigenvalue weighted by Gasteiger charge is -2.14. The Hall–Kier alpha value is -0.930. The van der Waals surface area contributed by atoms with Crippen molar-refractivity contribution in [3.05, 3.63) is 0 Å². The molecule has 0 aliphatic heterocycles. The number of ether oxygens (including phenoxy) is 1. The highest BCUT2D eigenvalue weighted by atomic mass is 33.1. The number of esters is 1.